The molecule has 0 radical (unpaired) electrons. The van der Waals surface area contributed by atoms with Gasteiger partial charge in [0.25, 0.3) is 0 Å². The van der Waals surface area contributed by atoms with Gasteiger partial charge in [0, 0.05) is 18.0 Å². The van der Waals surface area contributed by atoms with Crippen molar-refractivity contribution in [2.75, 3.05) is 18.9 Å². The fourth-order valence-electron chi connectivity index (χ4n) is 3.11. The average molecular weight is 420 g/mol. The van der Waals surface area contributed by atoms with Gasteiger partial charge >= 0.3 is 0 Å². The van der Waals surface area contributed by atoms with E-state index in [1.807, 2.05) is 47.3 Å². The van der Waals surface area contributed by atoms with E-state index in [0.717, 1.165) is 27.2 Å². The number of nitrogens with zero attached hydrogens (tertiary/aromatic N) is 3. The molecule has 30 heavy (non-hydrogen) atoms. The Hall–Kier alpha value is -3.57. The van der Waals surface area contributed by atoms with E-state index < -0.39 is 0 Å². The second-order valence-corrected chi connectivity index (χ2v) is 7.14. The molecule has 0 fully saturated rings. The lowest BCUT2D eigenvalue weighted by atomic mass is 10.1. The number of methoxy groups -OCH3 is 2. The summed E-state index contributed by atoms with van der Waals surface area (Å²) in [5.74, 6) is 8.01. The third-order valence-electron chi connectivity index (χ3n) is 4.43. The van der Waals surface area contributed by atoms with Crippen molar-refractivity contribution < 1.29 is 14.0 Å². The number of nitrogens with one attached hydrogen (secondary N) is 1. The van der Waals surface area contributed by atoms with E-state index in [9.17, 15) is 0 Å². The van der Waals surface area contributed by atoms with Gasteiger partial charge in [-0.25, -0.2) is 0 Å². The lowest BCUT2D eigenvalue weighted by Gasteiger charge is -2.11. The molecule has 4 aromatic rings. The third kappa shape index (κ3) is 3.93. The lowest BCUT2D eigenvalue weighted by molar-refractivity contribution is 0.404. The summed E-state index contributed by atoms with van der Waals surface area (Å²) >= 11 is 1.37. The SMILES string of the molecule is CC#Cc1cccc(OC)c1SNc1noc2cc(Cn3cccn3)cc(OC)c12. The molecule has 0 atom stereocenters. The highest BCUT2D eigenvalue weighted by Gasteiger charge is 2.17. The molecule has 0 aliphatic carbocycles. The van der Waals surface area contributed by atoms with Crippen LogP contribution in [0.15, 0.2) is 58.2 Å². The highest BCUT2D eigenvalue weighted by atomic mass is 32.2. The second-order valence-electron chi connectivity index (χ2n) is 6.32. The standard InChI is InChI=1S/C22H20N4O3S/c1-4-7-16-8-5-9-17(27-2)21(16)30-25-22-20-18(28-3)12-15(13-19(20)29-24-22)14-26-11-6-10-23-26/h5-6,8-13H,14H2,1-3H3,(H,24,25). The zero-order chi connectivity index (χ0) is 20.9. The van der Waals surface area contributed by atoms with Gasteiger partial charge in [0.05, 0.1) is 25.7 Å². The first-order valence-electron chi connectivity index (χ1n) is 9.19. The molecule has 0 aliphatic rings. The van der Waals surface area contributed by atoms with Crippen LogP contribution in [0.5, 0.6) is 11.5 Å². The molecule has 0 aliphatic heterocycles. The maximum absolute atomic E-state index is 5.62. The van der Waals surface area contributed by atoms with Crippen LogP contribution in [-0.4, -0.2) is 29.2 Å². The van der Waals surface area contributed by atoms with E-state index in [2.05, 4.69) is 26.8 Å². The van der Waals surface area contributed by atoms with Crippen molar-refractivity contribution in [1.82, 2.24) is 14.9 Å². The maximum Gasteiger partial charge on any atom is 0.191 e. The Balaban J connectivity index is 1.65. The number of hydrogen-bond acceptors (Lipinski definition) is 7. The zero-order valence-corrected chi connectivity index (χ0v) is 17.6. The van der Waals surface area contributed by atoms with Crippen LogP contribution >= 0.6 is 11.9 Å². The van der Waals surface area contributed by atoms with Crippen LogP contribution in [0.4, 0.5) is 5.82 Å². The number of aromatic nitrogens is 3. The Morgan fingerprint density at radius 2 is 2.03 bits per heavy atom. The molecule has 2 aromatic carbocycles. The van der Waals surface area contributed by atoms with Gasteiger partial charge < -0.3 is 18.7 Å². The van der Waals surface area contributed by atoms with E-state index in [1.165, 1.54) is 11.9 Å². The smallest absolute Gasteiger partial charge is 0.191 e. The van der Waals surface area contributed by atoms with Gasteiger partial charge in [0.15, 0.2) is 11.4 Å². The van der Waals surface area contributed by atoms with Gasteiger partial charge in [0.1, 0.15) is 16.9 Å². The zero-order valence-electron chi connectivity index (χ0n) is 16.8. The van der Waals surface area contributed by atoms with Crippen LogP contribution in [0.1, 0.15) is 18.1 Å². The summed E-state index contributed by atoms with van der Waals surface area (Å²) in [6.45, 7) is 2.41. The number of benzene rings is 2. The minimum Gasteiger partial charge on any atom is -0.496 e. The number of anilines is 1. The van der Waals surface area contributed by atoms with E-state index in [4.69, 9.17) is 14.0 Å². The first-order valence-corrected chi connectivity index (χ1v) is 10.0. The predicted molar refractivity (Wildman–Crippen MR) is 117 cm³/mol. The van der Waals surface area contributed by atoms with Crippen LogP contribution < -0.4 is 14.2 Å². The van der Waals surface area contributed by atoms with Crippen molar-refractivity contribution in [3.8, 4) is 23.3 Å². The highest BCUT2D eigenvalue weighted by Crippen LogP contribution is 2.38. The van der Waals surface area contributed by atoms with Crippen molar-refractivity contribution in [2.24, 2.45) is 0 Å². The Bertz CT molecular complexity index is 1220. The van der Waals surface area contributed by atoms with Gasteiger partial charge in [-0.15, -0.1) is 5.92 Å². The van der Waals surface area contributed by atoms with Crippen LogP contribution in [0.2, 0.25) is 0 Å². The summed E-state index contributed by atoms with van der Waals surface area (Å²) < 4.78 is 21.8. The van der Waals surface area contributed by atoms with Crippen LogP contribution in [0.3, 0.4) is 0 Å². The summed E-state index contributed by atoms with van der Waals surface area (Å²) in [6, 6.07) is 11.6. The summed E-state index contributed by atoms with van der Waals surface area (Å²) in [7, 11) is 3.27. The third-order valence-corrected chi connectivity index (χ3v) is 5.35. The largest absolute Gasteiger partial charge is 0.496 e. The normalized spacial score (nSPS) is 10.5. The van der Waals surface area contributed by atoms with Crippen LogP contribution in [-0.2, 0) is 6.54 Å². The highest BCUT2D eigenvalue weighted by molar-refractivity contribution is 8.00. The number of fused-ring (bicyclic) bond motifs is 1. The molecule has 0 spiro atoms. The molecule has 2 aromatic heterocycles. The molecule has 0 saturated carbocycles. The minimum absolute atomic E-state index is 0.568. The quantitative estimate of drug-likeness (QED) is 0.346. The van der Waals surface area contributed by atoms with E-state index >= 15 is 0 Å². The Labute approximate surface area is 178 Å². The lowest BCUT2D eigenvalue weighted by Crippen LogP contribution is -2.00. The van der Waals surface area contributed by atoms with E-state index in [1.54, 1.807) is 27.3 Å². The molecule has 4 rings (SSSR count). The molecule has 8 heteroatoms. The monoisotopic (exact) mass is 420 g/mol. The molecule has 0 unspecified atom stereocenters. The molecular formula is C22H20N4O3S. The molecule has 152 valence electrons. The number of hydrogen-bond donors (Lipinski definition) is 1. The van der Waals surface area contributed by atoms with Crippen molar-refractivity contribution in [1.29, 1.82) is 0 Å². The molecule has 0 amide bonds. The van der Waals surface area contributed by atoms with Crippen LogP contribution in [0, 0.1) is 11.8 Å². The molecular weight excluding hydrogens is 400 g/mol. The first kappa shape index (κ1) is 19.7. The molecule has 0 bridgehead atoms. The molecule has 0 saturated heterocycles. The van der Waals surface area contributed by atoms with Gasteiger partial charge in [-0.3, -0.25) is 4.68 Å². The Kier molecular flexibility index (Phi) is 5.82. The minimum atomic E-state index is 0.568. The van der Waals surface area contributed by atoms with Crippen molar-refractivity contribution in [2.45, 2.75) is 18.4 Å². The van der Waals surface area contributed by atoms with Crippen molar-refractivity contribution in [3.63, 3.8) is 0 Å². The van der Waals surface area contributed by atoms with Crippen molar-refractivity contribution in [3.05, 3.63) is 59.9 Å². The van der Waals surface area contributed by atoms with Gasteiger partial charge in [-0.1, -0.05) is 17.1 Å². The van der Waals surface area contributed by atoms with E-state index in [0.29, 0.717) is 23.7 Å². The van der Waals surface area contributed by atoms with Crippen molar-refractivity contribution >= 4 is 28.7 Å². The Morgan fingerprint density at radius 3 is 2.77 bits per heavy atom. The Morgan fingerprint density at radius 1 is 1.17 bits per heavy atom. The first-order chi connectivity index (χ1) is 14.7. The van der Waals surface area contributed by atoms with Gasteiger partial charge in [0.2, 0.25) is 0 Å². The average Bonchev–Trinajstić information content (AvgIpc) is 3.42. The predicted octanol–water partition coefficient (Wildman–Crippen LogP) is 4.58. The fraction of sp³-hybridized carbons (Fsp3) is 0.182. The second kappa shape index (κ2) is 8.84. The molecule has 2 heterocycles. The summed E-state index contributed by atoms with van der Waals surface area (Å²) in [5.41, 5.74) is 2.51. The van der Waals surface area contributed by atoms with Gasteiger partial charge in [-0.05, 0) is 54.8 Å². The summed E-state index contributed by atoms with van der Waals surface area (Å²) in [4.78, 5) is 0.875. The summed E-state index contributed by atoms with van der Waals surface area (Å²) in [6.07, 6.45) is 3.66. The summed E-state index contributed by atoms with van der Waals surface area (Å²) in [5, 5.41) is 9.22. The molecule has 7 nitrogen and oxygen atoms in total. The number of ether oxygens (including phenoxy) is 2. The maximum atomic E-state index is 5.62. The molecule has 1 N–H and O–H groups in total. The van der Waals surface area contributed by atoms with Gasteiger partial charge in [-0.2, -0.15) is 5.10 Å². The topological polar surface area (TPSA) is 74.3 Å². The van der Waals surface area contributed by atoms with Crippen LogP contribution in [0.25, 0.3) is 11.0 Å². The number of rotatable bonds is 7. The fourth-order valence-corrected chi connectivity index (χ4v) is 3.93. The van der Waals surface area contributed by atoms with E-state index in [-0.39, 0.29) is 0 Å².